The van der Waals surface area contributed by atoms with Crippen LogP contribution < -0.4 is 5.32 Å². The molecule has 0 aromatic heterocycles. The average molecular weight is 277 g/mol. The lowest BCUT2D eigenvalue weighted by atomic mass is 10.1. The number of nitrogens with one attached hydrogen (secondary N) is 1. The predicted octanol–water partition coefficient (Wildman–Crippen LogP) is 2.51. The maximum atomic E-state index is 12.7. The zero-order chi connectivity index (χ0) is 14.4. The minimum absolute atomic E-state index is 0.0336. The molecular formula is C16H20FNO2. The molecule has 1 atom stereocenters. The van der Waals surface area contributed by atoms with Gasteiger partial charge in [0.05, 0.1) is 0 Å². The van der Waals surface area contributed by atoms with E-state index in [9.17, 15) is 9.18 Å². The Morgan fingerprint density at radius 3 is 2.70 bits per heavy atom. The number of hydrogen-bond acceptors (Lipinski definition) is 2. The highest BCUT2D eigenvalue weighted by Gasteiger charge is 2.31. The van der Waals surface area contributed by atoms with Gasteiger partial charge in [0, 0.05) is 19.1 Å². The fourth-order valence-corrected chi connectivity index (χ4v) is 2.21. The van der Waals surface area contributed by atoms with E-state index in [-0.39, 0.29) is 24.4 Å². The van der Waals surface area contributed by atoms with Gasteiger partial charge in [-0.15, -0.1) is 0 Å². The first kappa shape index (κ1) is 14.7. The van der Waals surface area contributed by atoms with E-state index in [2.05, 4.69) is 5.32 Å². The van der Waals surface area contributed by atoms with E-state index in [1.54, 1.807) is 24.3 Å². The first-order chi connectivity index (χ1) is 9.69. The summed E-state index contributed by atoms with van der Waals surface area (Å²) in [5.74, 6) is 0.233. The molecule has 0 bridgehead atoms. The normalized spacial score (nSPS) is 16.3. The average Bonchev–Trinajstić information content (AvgIpc) is 3.25. The van der Waals surface area contributed by atoms with Crippen LogP contribution in [0.3, 0.4) is 0 Å². The Morgan fingerprint density at radius 1 is 1.40 bits per heavy atom. The maximum absolute atomic E-state index is 12.7. The molecule has 1 aliphatic rings. The lowest BCUT2D eigenvalue weighted by Gasteiger charge is -2.16. The minimum Gasteiger partial charge on any atom is -0.396 e. The summed E-state index contributed by atoms with van der Waals surface area (Å²) in [4.78, 5) is 11.8. The number of carbonyl (C=O) groups excluding carboxylic acids is 1. The third kappa shape index (κ3) is 4.78. The van der Waals surface area contributed by atoms with Gasteiger partial charge in [-0.05, 0) is 42.9 Å². The van der Waals surface area contributed by atoms with Crippen LogP contribution in [0, 0.1) is 11.7 Å². The Bertz CT molecular complexity index is 466. The Hall–Kier alpha value is -1.68. The van der Waals surface area contributed by atoms with Crippen molar-refractivity contribution in [3.05, 3.63) is 41.7 Å². The molecule has 1 fully saturated rings. The molecule has 2 N–H and O–H groups in total. The summed E-state index contributed by atoms with van der Waals surface area (Å²) >= 11 is 0. The summed E-state index contributed by atoms with van der Waals surface area (Å²) in [5.41, 5.74) is 0.869. The molecule has 0 saturated heterocycles. The zero-order valence-corrected chi connectivity index (χ0v) is 11.4. The molecule has 3 nitrogen and oxygen atoms in total. The smallest absolute Gasteiger partial charge is 0.224 e. The third-order valence-electron chi connectivity index (χ3n) is 3.46. The molecule has 0 radical (unpaired) electrons. The number of amides is 1. The van der Waals surface area contributed by atoms with Crippen LogP contribution in [0.5, 0.6) is 0 Å². The summed E-state index contributed by atoms with van der Waals surface area (Å²) < 4.78 is 12.7. The molecule has 108 valence electrons. The summed E-state index contributed by atoms with van der Waals surface area (Å²) in [6.45, 7) is 0.104. The monoisotopic (exact) mass is 277 g/mol. The molecule has 1 aromatic rings. The van der Waals surface area contributed by atoms with Crippen molar-refractivity contribution >= 4 is 12.0 Å². The Kier molecular flexibility index (Phi) is 5.30. The largest absolute Gasteiger partial charge is 0.396 e. The quantitative estimate of drug-likeness (QED) is 0.804. The van der Waals surface area contributed by atoms with Gasteiger partial charge >= 0.3 is 0 Å². The van der Waals surface area contributed by atoms with Crippen molar-refractivity contribution in [2.45, 2.75) is 31.7 Å². The van der Waals surface area contributed by atoms with Crippen LogP contribution in [0.1, 0.15) is 31.2 Å². The molecule has 0 heterocycles. The van der Waals surface area contributed by atoms with E-state index >= 15 is 0 Å². The van der Waals surface area contributed by atoms with E-state index in [0.717, 1.165) is 18.4 Å². The van der Waals surface area contributed by atoms with Crippen LogP contribution in [0.15, 0.2) is 30.3 Å². The van der Waals surface area contributed by atoms with E-state index in [0.29, 0.717) is 18.8 Å². The molecule has 2 rings (SSSR count). The number of rotatable bonds is 7. The molecular weight excluding hydrogens is 257 g/mol. The lowest BCUT2D eigenvalue weighted by molar-refractivity contribution is -0.121. The highest BCUT2D eigenvalue weighted by molar-refractivity contribution is 5.78. The van der Waals surface area contributed by atoms with Crippen molar-refractivity contribution in [2.75, 3.05) is 6.61 Å². The van der Waals surface area contributed by atoms with Gasteiger partial charge in [0.25, 0.3) is 0 Å². The fraction of sp³-hybridized carbons (Fsp3) is 0.438. The van der Waals surface area contributed by atoms with Crippen molar-refractivity contribution in [3.63, 3.8) is 0 Å². The number of aliphatic hydroxyl groups excluding tert-OH is 1. The number of benzene rings is 1. The van der Waals surface area contributed by atoms with Crippen LogP contribution >= 0.6 is 0 Å². The maximum Gasteiger partial charge on any atom is 0.224 e. The highest BCUT2D eigenvalue weighted by atomic mass is 19.1. The van der Waals surface area contributed by atoms with Crippen LogP contribution in [0.4, 0.5) is 4.39 Å². The van der Waals surface area contributed by atoms with Crippen LogP contribution in [0.2, 0.25) is 0 Å². The number of halogens is 1. The summed E-state index contributed by atoms with van der Waals surface area (Å²) in [6, 6.07) is 6.23. The van der Waals surface area contributed by atoms with Crippen molar-refractivity contribution in [1.82, 2.24) is 5.32 Å². The second-order valence-corrected chi connectivity index (χ2v) is 5.18. The molecule has 0 aliphatic heterocycles. The van der Waals surface area contributed by atoms with E-state index in [4.69, 9.17) is 5.11 Å². The molecule has 1 amide bonds. The molecule has 1 aromatic carbocycles. The van der Waals surface area contributed by atoms with Gasteiger partial charge in [0.15, 0.2) is 0 Å². The van der Waals surface area contributed by atoms with Crippen molar-refractivity contribution < 1.29 is 14.3 Å². The topological polar surface area (TPSA) is 49.3 Å². The van der Waals surface area contributed by atoms with Gasteiger partial charge in [-0.3, -0.25) is 4.79 Å². The Morgan fingerprint density at radius 2 is 2.10 bits per heavy atom. The highest BCUT2D eigenvalue weighted by Crippen LogP contribution is 2.33. The minimum atomic E-state index is -0.267. The van der Waals surface area contributed by atoms with Gasteiger partial charge < -0.3 is 10.4 Å². The van der Waals surface area contributed by atoms with Crippen LogP contribution in [0.25, 0.3) is 6.08 Å². The summed E-state index contributed by atoms with van der Waals surface area (Å²) in [7, 11) is 0. The molecule has 20 heavy (non-hydrogen) atoms. The summed E-state index contributed by atoms with van der Waals surface area (Å²) in [5, 5.41) is 11.9. The van der Waals surface area contributed by atoms with Gasteiger partial charge in [-0.25, -0.2) is 4.39 Å². The van der Waals surface area contributed by atoms with Gasteiger partial charge in [0.2, 0.25) is 5.91 Å². The van der Waals surface area contributed by atoms with Gasteiger partial charge in [-0.2, -0.15) is 0 Å². The van der Waals surface area contributed by atoms with E-state index in [1.165, 1.54) is 12.1 Å². The Balaban J connectivity index is 1.77. The first-order valence-electron chi connectivity index (χ1n) is 7.01. The number of aliphatic hydroxyl groups is 1. The van der Waals surface area contributed by atoms with Crippen LogP contribution in [-0.4, -0.2) is 23.7 Å². The second-order valence-electron chi connectivity index (χ2n) is 5.18. The number of carbonyl (C=O) groups is 1. The number of hydrogen-bond donors (Lipinski definition) is 2. The van der Waals surface area contributed by atoms with Crippen molar-refractivity contribution in [1.29, 1.82) is 0 Å². The van der Waals surface area contributed by atoms with E-state index < -0.39 is 0 Å². The molecule has 1 aliphatic carbocycles. The van der Waals surface area contributed by atoms with Gasteiger partial charge in [0.1, 0.15) is 5.82 Å². The molecule has 0 spiro atoms. The zero-order valence-electron chi connectivity index (χ0n) is 11.4. The summed E-state index contributed by atoms with van der Waals surface area (Å²) in [6.07, 6.45) is 6.76. The van der Waals surface area contributed by atoms with Gasteiger partial charge in [-0.1, -0.05) is 24.3 Å². The van der Waals surface area contributed by atoms with E-state index in [1.807, 2.05) is 0 Å². The third-order valence-corrected chi connectivity index (χ3v) is 3.46. The lowest BCUT2D eigenvalue weighted by Crippen LogP contribution is -2.36. The predicted molar refractivity (Wildman–Crippen MR) is 76.4 cm³/mol. The van der Waals surface area contributed by atoms with Crippen molar-refractivity contribution in [3.8, 4) is 0 Å². The Labute approximate surface area is 118 Å². The SMILES string of the molecule is O=C(C/C=C/c1ccc(F)cc1)NC(CCO)C1CC1. The van der Waals surface area contributed by atoms with Crippen LogP contribution in [-0.2, 0) is 4.79 Å². The molecule has 4 heteroatoms. The van der Waals surface area contributed by atoms with Crippen molar-refractivity contribution in [2.24, 2.45) is 5.92 Å². The standard InChI is InChI=1S/C16H20FNO2/c17-14-8-4-12(5-9-14)2-1-3-16(20)18-15(10-11-19)13-6-7-13/h1-2,4-5,8-9,13,15,19H,3,6-7,10-11H2,(H,18,20)/b2-1+. The first-order valence-corrected chi connectivity index (χ1v) is 7.01. The molecule has 1 saturated carbocycles. The molecule has 1 unspecified atom stereocenters. The second kappa shape index (κ2) is 7.20. The fourth-order valence-electron chi connectivity index (χ4n) is 2.21.